The van der Waals surface area contributed by atoms with Crippen molar-refractivity contribution >= 4 is 5.91 Å². The molecule has 0 aromatic carbocycles. The highest BCUT2D eigenvalue weighted by Crippen LogP contribution is 2.11. The first-order chi connectivity index (χ1) is 8.56. The molecule has 0 aliphatic carbocycles. The molecule has 0 aliphatic rings. The Labute approximate surface area is 108 Å². The van der Waals surface area contributed by atoms with Crippen molar-refractivity contribution in [1.29, 1.82) is 0 Å². The lowest BCUT2D eigenvalue weighted by Gasteiger charge is -2.13. The van der Waals surface area contributed by atoms with Gasteiger partial charge in [0.2, 0.25) is 5.91 Å². The zero-order chi connectivity index (χ0) is 13.5. The first-order valence-electron chi connectivity index (χ1n) is 6.49. The number of nitrogens with zero attached hydrogens (tertiary/aromatic N) is 1. The van der Waals surface area contributed by atoms with Crippen LogP contribution >= 0.6 is 0 Å². The van der Waals surface area contributed by atoms with E-state index in [-0.39, 0.29) is 11.9 Å². The van der Waals surface area contributed by atoms with Crippen molar-refractivity contribution in [2.24, 2.45) is 0 Å². The SMILES string of the molecule is CCCCNC(=O)C(C)NCc1c(C)noc1C. The lowest BCUT2D eigenvalue weighted by Crippen LogP contribution is -2.42. The summed E-state index contributed by atoms with van der Waals surface area (Å²) < 4.78 is 5.08. The summed E-state index contributed by atoms with van der Waals surface area (Å²) in [5, 5.41) is 9.97. The maximum Gasteiger partial charge on any atom is 0.236 e. The molecule has 1 aromatic heterocycles. The molecule has 1 aromatic rings. The van der Waals surface area contributed by atoms with Gasteiger partial charge in [-0.25, -0.2) is 0 Å². The van der Waals surface area contributed by atoms with Crippen molar-refractivity contribution in [2.75, 3.05) is 6.54 Å². The van der Waals surface area contributed by atoms with Gasteiger partial charge in [-0.1, -0.05) is 18.5 Å². The Balaban J connectivity index is 2.36. The minimum Gasteiger partial charge on any atom is -0.361 e. The van der Waals surface area contributed by atoms with Crippen LogP contribution in [0.5, 0.6) is 0 Å². The Kier molecular flexibility index (Phi) is 5.85. The van der Waals surface area contributed by atoms with Gasteiger partial charge in [0.25, 0.3) is 0 Å². The second-order valence-electron chi connectivity index (χ2n) is 4.55. The van der Waals surface area contributed by atoms with Crippen LogP contribution in [0.15, 0.2) is 4.52 Å². The first kappa shape index (κ1) is 14.7. The zero-order valence-corrected chi connectivity index (χ0v) is 11.7. The number of hydrogen-bond acceptors (Lipinski definition) is 4. The molecule has 0 spiro atoms. The Morgan fingerprint density at radius 2 is 2.17 bits per heavy atom. The molecule has 0 saturated carbocycles. The monoisotopic (exact) mass is 253 g/mol. The summed E-state index contributed by atoms with van der Waals surface area (Å²) in [5.74, 6) is 0.841. The number of nitrogens with one attached hydrogen (secondary N) is 2. The quantitative estimate of drug-likeness (QED) is 0.726. The number of carbonyl (C=O) groups is 1. The molecule has 5 nitrogen and oxygen atoms in total. The molecule has 0 fully saturated rings. The summed E-state index contributed by atoms with van der Waals surface area (Å²) >= 11 is 0. The fourth-order valence-electron chi connectivity index (χ4n) is 1.64. The van der Waals surface area contributed by atoms with E-state index in [4.69, 9.17) is 4.52 Å². The van der Waals surface area contributed by atoms with Crippen molar-refractivity contribution in [3.63, 3.8) is 0 Å². The topological polar surface area (TPSA) is 67.2 Å². The van der Waals surface area contributed by atoms with Gasteiger partial charge in [-0.15, -0.1) is 0 Å². The number of rotatable bonds is 7. The van der Waals surface area contributed by atoms with Gasteiger partial charge in [-0.2, -0.15) is 0 Å². The average molecular weight is 253 g/mol. The smallest absolute Gasteiger partial charge is 0.236 e. The second kappa shape index (κ2) is 7.16. The van der Waals surface area contributed by atoms with Crippen molar-refractivity contribution in [2.45, 2.75) is 53.1 Å². The van der Waals surface area contributed by atoms with Crippen molar-refractivity contribution in [3.8, 4) is 0 Å². The standard InChI is InChI=1S/C13H23N3O2/c1-5-6-7-14-13(17)10(3)15-8-12-9(2)16-18-11(12)4/h10,15H,5-8H2,1-4H3,(H,14,17). The maximum atomic E-state index is 11.7. The molecule has 1 amide bonds. The Hall–Kier alpha value is -1.36. The molecular weight excluding hydrogens is 230 g/mol. The third kappa shape index (κ3) is 4.14. The third-order valence-electron chi connectivity index (χ3n) is 2.99. The highest BCUT2D eigenvalue weighted by molar-refractivity contribution is 5.81. The lowest BCUT2D eigenvalue weighted by molar-refractivity contribution is -0.122. The number of amides is 1. The zero-order valence-electron chi connectivity index (χ0n) is 11.7. The Morgan fingerprint density at radius 1 is 1.44 bits per heavy atom. The van der Waals surface area contributed by atoms with Gasteiger partial charge < -0.3 is 15.2 Å². The minimum absolute atomic E-state index is 0.0372. The highest BCUT2D eigenvalue weighted by atomic mass is 16.5. The number of hydrogen-bond donors (Lipinski definition) is 2. The van der Waals surface area contributed by atoms with Gasteiger partial charge in [0.1, 0.15) is 5.76 Å². The van der Waals surface area contributed by atoms with Crippen LogP contribution in [0.25, 0.3) is 0 Å². The molecule has 1 rings (SSSR count). The van der Waals surface area contributed by atoms with E-state index >= 15 is 0 Å². The Bertz CT molecular complexity index is 368. The van der Waals surface area contributed by atoms with Crippen LogP contribution in [-0.4, -0.2) is 23.7 Å². The van der Waals surface area contributed by atoms with Crippen LogP contribution in [0.1, 0.15) is 43.7 Å². The van der Waals surface area contributed by atoms with E-state index < -0.39 is 0 Å². The van der Waals surface area contributed by atoms with E-state index in [9.17, 15) is 4.79 Å². The number of aryl methyl sites for hydroxylation is 2. The van der Waals surface area contributed by atoms with Crippen LogP contribution in [0.2, 0.25) is 0 Å². The Morgan fingerprint density at radius 3 is 2.72 bits per heavy atom. The molecule has 0 aliphatic heterocycles. The summed E-state index contributed by atoms with van der Waals surface area (Å²) in [7, 11) is 0. The molecule has 18 heavy (non-hydrogen) atoms. The van der Waals surface area contributed by atoms with E-state index in [0.29, 0.717) is 6.54 Å². The molecular formula is C13H23N3O2. The van der Waals surface area contributed by atoms with Crippen LogP contribution in [-0.2, 0) is 11.3 Å². The van der Waals surface area contributed by atoms with E-state index in [2.05, 4.69) is 22.7 Å². The number of unbranched alkanes of at least 4 members (excludes halogenated alkanes) is 1. The summed E-state index contributed by atoms with van der Waals surface area (Å²) in [5.41, 5.74) is 1.90. The van der Waals surface area contributed by atoms with E-state index in [1.165, 1.54) is 0 Å². The molecule has 1 heterocycles. The van der Waals surface area contributed by atoms with Crippen LogP contribution < -0.4 is 10.6 Å². The van der Waals surface area contributed by atoms with E-state index in [0.717, 1.165) is 36.4 Å². The molecule has 1 unspecified atom stereocenters. The van der Waals surface area contributed by atoms with Crippen LogP contribution in [0, 0.1) is 13.8 Å². The van der Waals surface area contributed by atoms with Gasteiger partial charge in [-0.05, 0) is 27.2 Å². The average Bonchev–Trinajstić information content (AvgIpc) is 2.66. The highest BCUT2D eigenvalue weighted by Gasteiger charge is 2.14. The fraction of sp³-hybridized carbons (Fsp3) is 0.692. The van der Waals surface area contributed by atoms with Crippen LogP contribution in [0.4, 0.5) is 0 Å². The van der Waals surface area contributed by atoms with Gasteiger partial charge in [0.15, 0.2) is 0 Å². The summed E-state index contributed by atoms with van der Waals surface area (Å²) in [4.78, 5) is 11.7. The van der Waals surface area contributed by atoms with Crippen molar-refractivity contribution in [1.82, 2.24) is 15.8 Å². The number of carbonyl (C=O) groups excluding carboxylic acids is 1. The second-order valence-corrected chi connectivity index (χ2v) is 4.55. The number of aromatic nitrogens is 1. The normalized spacial score (nSPS) is 12.4. The molecule has 0 saturated heterocycles. The largest absolute Gasteiger partial charge is 0.361 e. The molecule has 0 radical (unpaired) electrons. The van der Waals surface area contributed by atoms with Crippen LogP contribution in [0.3, 0.4) is 0 Å². The van der Waals surface area contributed by atoms with Gasteiger partial charge >= 0.3 is 0 Å². The predicted molar refractivity (Wildman–Crippen MR) is 70.2 cm³/mol. The molecule has 1 atom stereocenters. The van der Waals surface area contributed by atoms with Crippen molar-refractivity contribution in [3.05, 3.63) is 17.0 Å². The minimum atomic E-state index is -0.212. The molecule has 2 N–H and O–H groups in total. The van der Waals surface area contributed by atoms with Gasteiger partial charge in [-0.3, -0.25) is 4.79 Å². The maximum absolute atomic E-state index is 11.7. The van der Waals surface area contributed by atoms with Gasteiger partial charge in [0.05, 0.1) is 11.7 Å². The molecule has 0 bridgehead atoms. The van der Waals surface area contributed by atoms with Crippen molar-refractivity contribution < 1.29 is 9.32 Å². The lowest BCUT2D eigenvalue weighted by atomic mass is 10.2. The van der Waals surface area contributed by atoms with Gasteiger partial charge in [0, 0.05) is 18.7 Å². The summed E-state index contributed by atoms with van der Waals surface area (Å²) in [6, 6.07) is -0.212. The van der Waals surface area contributed by atoms with E-state index in [1.54, 1.807) is 0 Å². The fourth-order valence-corrected chi connectivity index (χ4v) is 1.64. The third-order valence-corrected chi connectivity index (χ3v) is 2.99. The first-order valence-corrected chi connectivity index (χ1v) is 6.49. The molecule has 5 heteroatoms. The van der Waals surface area contributed by atoms with E-state index in [1.807, 2.05) is 20.8 Å². The predicted octanol–water partition coefficient (Wildman–Crippen LogP) is 1.69. The summed E-state index contributed by atoms with van der Waals surface area (Å²) in [6.07, 6.45) is 2.10. The summed E-state index contributed by atoms with van der Waals surface area (Å²) in [6.45, 7) is 9.09. The molecule has 102 valence electrons.